The van der Waals surface area contributed by atoms with Crippen LogP contribution in [0, 0.1) is 12.8 Å². The predicted octanol–water partition coefficient (Wildman–Crippen LogP) is 4.57. The van der Waals surface area contributed by atoms with Crippen molar-refractivity contribution in [2.24, 2.45) is 5.92 Å². The third-order valence-corrected chi connectivity index (χ3v) is 7.16. The summed E-state index contributed by atoms with van der Waals surface area (Å²) in [5.74, 6) is 0.195. The monoisotopic (exact) mass is 536 g/mol. The minimum Gasteiger partial charge on any atom is -0.507 e. The van der Waals surface area contributed by atoms with E-state index in [1.165, 1.54) is 0 Å². The van der Waals surface area contributed by atoms with E-state index < -0.39 is 17.7 Å². The Morgan fingerprint density at radius 2 is 1.74 bits per heavy atom. The summed E-state index contributed by atoms with van der Waals surface area (Å²) in [6.45, 7) is 12.9. The van der Waals surface area contributed by atoms with Gasteiger partial charge in [-0.1, -0.05) is 49.7 Å². The minimum atomic E-state index is -0.753. The fraction of sp³-hybridized carbons (Fsp3) is 0.484. The smallest absolute Gasteiger partial charge is 0.295 e. The van der Waals surface area contributed by atoms with Gasteiger partial charge >= 0.3 is 0 Å². The molecule has 2 saturated heterocycles. The lowest BCUT2D eigenvalue weighted by atomic mass is 9.94. The number of benzene rings is 2. The number of rotatable bonds is 11. The van der Waals surface area contributed by atoms with Crippen molar-refractivity contribution in [3.8, 4) is 11.5 Å². The van der Waals surface area contributed by atoms with E-state index in [2.05, 4.69) is 18.7 Å². The summed E-state index contributed by atoms with van der Waals surface area (Å²) in [5, 5.41) is 11.4. The Morgan fingerprint density at radius 3 is 2.41 bits per heavy atom. The molecule has 0 saturated carbocycles. The first-order chi connectivity index (χ1) is 18.8. The van der Waals surface area contributed by atoms with E-state index in [1.54, 1.807) is 17.0 Å². The number of carbonyl (C=O) groups excluding carboxylic acids is 2. The van der Waals surface area contributed by atoms with Crippen LogP contribution in [-0.2, 0) is 14.3 Å². The number of Topliss-reactive ketones (excluding diaryl/α,β-unsaturated/α-hetero) is 1. The Balaban J connectivity index is 1.73. The molecule has 0 spiro atoms. The molecule has 8 nitrogen and oxygen atoms in total. The van der Waals surface area contributed by atoms with Gasteiger partial charge in [-0.3, -0.25) is 14.5 Å². The van der Waals surface area contributed by atoms with Crippen LogP contribution in [0.15, 0.2) is 48.0 Å². The molecule has 2 aromatic rings. The first-order valence-corrected chi connectivity index (χ1v) is 13.8. The van der Waals surface area contributed by atoms with Gasteiger partial charge in [0.2, 0.25) is 0 Å². The molecule has 1 amide bonds. The standard InChI is InChI=1S/C31H40N2O6/c1-5-38-26-20-24(10-11-25(26)39-17-12-21(2)3)28-27(29(34)23-8-6-22(4)7-9-23)30(35)31(36)33(28)14-13-32-15-18-37-19-16-32/h6-11,20-21,28,34H,5,12-19H2,1-4H3. The highest BCUT2D eigenvalue weighted by molar-refractivity contribution is 6.46. The van der Waals surface area contributed by atoms with Crippen LogP contribution < -0.4 is 9.47 Å². The number of hydrogen-bond donors (Lipinski definition) is 1. The van der Waals surface area contributed by atoms with E-state index in [0.29, 0.717) is 68.1 Å². The third kappa shape index (κ3) is 6.81. The molecule has 0 radical (unpaired) electrons. The van der Waals surface area contributed by atoms with Crippen LogP contribution >= 0.6 is 0 Å². The van der Waals surface area contributed by atoms with Crippen molar-refractivity contribution in [1.29, 1.82) is 0 Å². The van der Waals surface area contributed by atoms with Gasteiger partial charge in [0, 0.05) is 31.7 Å². The maximum atomic E-state index is 13.4. The number of likely N-dealkylation sites (tertiary alicyclic amines) is 1. The molecule has 39 heavy (non-hydrogen) atoms. The first-order valence-electron chi connectivity index (χ1n) is 13.8. The third-order valence-electron chi connectivity index (χ3n) is 7.16. The van der Waals surface area contributed by atoms with Crippen molar-refractivity contribution in [3.63, 3.8) is 0 Å². The molecule has 0 bridgehead atoms. The van der Waals surface area contributed by atoms with Crippen LogP contribution in [0.1, 0.15) is 49.9 Å². The number of morpholine rings is 1. The Bertz CT molecular complexity index is 1180. The van der Waals surface area contributed by atoms with E-state index in [9.17, 15) is 14.7 Å². The Kier molecular flexibility index (Phi) is 9.64. The van der Waals surface area contributed by atoms with Gasteiger partial charge in [0.25, 0.3) is 11.7 Å². The summed E-state index contributed by atoms with van der Waals surface area (Å²) in [6.07, 6.45) is 0.908. The molecule has 4 rings (SSSR count). The molecule has 1 N–H and O–H groups in total. The van der Waals surface area contributed by atoms with Crippen LogP contribution in [0.25, 0.3) is 5.76 Å². The molecule has 1 atom stereocenters. The van der Waals surface area contributed by atoms with Crippen molar-refractivity contribution in [2.45, 2.75) is 40.2 Å². The van der Waals surface area contributed by atoms with E-state index in [-0.39, 0.29) is 11.3 Å². The van der Waals surface area contributed by atoms with Gasteiger partial charge in [0.05, 0.1) is 38.0 Å². The molecular formula is C31H40N2O6. The lowest BCUT2D eigenvalue weighted by molar-refractivity contribution is -0.140. The second kappa shape index (κ2) is 13.1. The van der Waals surface area contributed by atoms with Gasteiger partial charge in [-0.15, -0.1) is 0 Å². The minimum absolute atomic E-state index is 0.0850. The molecule has 2 aliphatic rings. The Hall–Kier alpha value is -3.36. The maximum Gasteiger partial charge on any atom is 0.295 e. The molecule has 2 heterocycles. The number of ketones is 1. The average Bonchev–Trinajstić information content (AvgIpc) is 3.18. The number of aliphatic hydroxyl groups is 1. The second-order valence-corrected chi connectivity index (χ2v) is 10.5. The molecule has 8 heteroatoms. The SMILES string of the molecule is CCOc1cc(C2C(=C(O)c3ccc(C)cc3)C(=O)C(=O)N2CCN2CCOCC2)ccc1OCCC(C)C. The highest BCUT2D eigenvalue weighted by Crippen LogP contribution is 2.42. The second-order valence-electron chi connectivity index (χ2n) is 10.5. The molecule has 2 aromatic carbocycles. The van der Waals surface area contributed by atoms with Crippen LogP contribution in [0.4, 0.5) is 0 Å². The van der Waals surface area contributed by atoms with E-state index in [4.69, 9.17) is 14.2 Å². The van der Waals surface area contributed by atoms with Crippen molar-refractivity contribution >= 4 is 17.4 Å². The average molecular weight is 537 g/mol. The van der Waals surface area contributed by atoms with Crippen LogP contribution in [0.5, 0.6) is 11.5 Å². The van der Waals surface area contributed by atoms with Crippen molar-refractivity contribution in [1.82, 2.24) is 9.80 Å². The van der Waals surface area contributed by atoms with Crippen LogP contribution in [0.3, 0.4) is 0 Å². The number of amides is 1. The van der Waals surface area contributed by atoms with Gasteiger partial charge in [-0.2, -0.15) is 0 Å². The molecule has 210 valence electrons. The quantitative estimate of drug-likeness (QED) is 0.256. The van der Waals surface area contributed by atoms with Gasteiger partial charge in [0.15, 0.2) is 11.5 Å². The highest BCUT2D eigenvalue weighted by Gasteiger charge is 2.46. The number of ether oxygens (including phenoxy) is 3. The molecular weight excluding hydrogens is 496 g/mol. The topological polar surface area (TPSA) is 88.5 Å². The Morgan fingerprint density at radius 1 is 1.03 bits per heavy atom. The van der Waals surface area contributed by atoms with E-state index in [1.807, 2.05) is 44.2 Å². The number of carbonyl (C=O) groups is 2. The van der Waals surface area contributed by atoms with E-state index in [0.717, 1.165) is 25.1 Å². The first kappa shape index (κ1) is 28.6. The fourth-order valence-electron chi connectivity index (χ4n) is 4.88. The lowest BCUT2D eigenvalue weighted by Crippen LogP contribution is -2.42. The van der Waals surface area contributed by atoms with Crippen LogP contribution in [-0.4, -0.2) is 79.2 Å². The van der Waals surface area contributed by atoms with Gasteiger partial charge in [-0.05, 0) is 43.9 Å². The normalized spacial score (nSPS) is 19.6. The van der Waals surface area contributed by atoms with E-state index >= 15 is 0 Å². The fourth-order valence-corrected chi connectivity index (χ4v) is 4.88. The van der Waals surface area contributed by atoms with Gasteiger partial charge < -0.3 is 24.2 Å². The lowest BCUT2D eigenvalue weighted by Gasteiger charge is -2.31. The summed E-state index contributed by atoms with van der Waals surface area (Å²) in [5.41, 5.74) is 2.30. The summed E-state index contributed by atoms with van der Waals surface area (Å²) < 4.78 is 17.4. The van der Waals surface area contributed by atoms with Gasteiger partial charge in [-0.25, -0.2) is 0 Å². The zero-order chi connectivity index (χ0) is 27.9. The summed E-state index contributed by atoms with van der Waals surface area (Å²) in [6, 6.07) is 12.0. The summed E-state index contributed by atoms with van der Waals surface area (Å²) in [7, 11) is 0. The van der Waals surface area contributed by atoms with Gasteiger partial charge in [0.1, 0.15) is 5.76 Å². The summed E-state index contributed by atoms with van der Waals surface area (Å²) >= 11 is 0. The zero-order valence-electron chi connectivity index (χ0n) is 23.4. The number of aryl methyl sites for hydroxylation is 1. The number of nitrogens with zero attached hydrogens (tertiary/aromatic N) is 2. The predicted molar refractivity (Wildman–Crippen MR) is 150 cm³/mol. The molecule has 0 aliphatic carbocycles. The maximum absolute atomic E-state index is 13.4. The Labute approximate surface area is 231 Å². The molecule has 1 unspecified atom stereocenters. The number of aliphatic hydroxyl groups excluding tert-OH is 1. The number of hydrogen-bond acceptors (Lipinski definition) is 7. The zero-order valence-corrected chi connectivity index (χ0v) is 23.4. The largest absolute Gasteiger partial charge is 0.507 e. The van der Waals surface area contributed by atoms with Crippen LogP contribution in [0.2, 0.25) is 0 Å². The highest BCUT2D eigenvalue weighted by atomic mass is 16.5. The van der Waals surface area contributed by atoms with Crippen molar-refractivity contribution < 1.29 is 28.9 Å². The van der Waals surface area contributed by atoms with Crippen molar-refractivity contribution in [3.05, 3.63) is 64.7 Å². The molecule has 0 aromatic heterocycles. The molecule has 2 aliphatic heterocycles. The van der Waals surface area contributed by atoms with Crippen molar-refractivity contribution in [2.75, 3.05) is 52.6 Å². The molecule has 2 fully saturated rings. The summed E-state index contributed by atoms with van der Waals surface area (Å²) in [4.78, 5) is 30.6.